The van der Waals surface area contributed by atoms with Gasteiger partial charge in [0.1, 0.15) is 0 Å². The Balaban J connectivity index is 1.08. The molecule has 206 valence electrons. The van der Waals surface area contributed by atoms with Gasteiger partial charge in [0.25, 0.3) is 11.8 Å². The van der Waals surface area contributed by atoms with Crippen LogP contribution >= 0.6 is 0 Å². The normalized spacial score (nSPS) is 13.7. The highest BCUT2D eigenvalue weighted by Gasteiger charge is 2.18. The van der Waals surface area contributed by atoms with Crippen molar-refractivity contribution in [2.45, 2.75) is 18.9 Å². The molecule has 0 saturated carbocycles. The summed E-state index contributed by atoms with van der Waals surface area (Å²) in [5.41, 5.74) is 12.1. The van der Waals surface area contributed by atoms with Crippen LogP contribution in [0.2, 0.25) is 0 Å². The number of amides is 2. The Morgan fingerprint density at radius 1 is 0.756 bits per heavy atom. The summed E-state index contributed by atoms with van der Waals surface area (Å²) in [5, 5.41) is 16.9. The van der Waals surface area contributed by atoms with E-state index in [0.29, 0.717) is 16.8 Å². The molecule has 2 amide bonds. The fourth-order valence-corrected chi connectivity index (χ4v) is 5.25. The lowest BCUT2D eigenvalue weighted by molar-refractivity contribution is 0.0999. The molecule has 1 aliphatic rings. The van der Waals surface area contributed by atoms with E-state index in [1.807, 2.05) is 102 Å². The molecule has 4 aromatic carbocycles. The molecule has 5 aromatic rings. The molecule has 2 heterocycles. The van der Waals surface area contributed by atoms with Crippen LogP contribution < -0.4 is 21.3 Å². The fraction of sp³-hybridized carbons (Fsp3) is 0.152. The minimum Gasteiger partial charge on any atom is -0.393 e. The maximum Gasteiger partial charge on any atom is 0.255 e. The maximum absolute atomic E-state index is 12.8. The number of aliphatic hydroxyl groups is 1. The smallest absolute Gasteiger partial charge is 0.255 e. The predicted octanol–water partition coefficient (Wildman–Crippen LogP) is 5.69. The molecule has 0 spiro atoms. The van der Waals surface area contributed by atoms with Crippen molar-refractivity contribution in [3.63, 3.8) is 0 Å². The summed E-state index contributed by atoms with van der Waals surface area (Å²) in [4.78, 5) is 26.9. The number of fused-ring (bicyclic) bond motifs is 1. The van der Waals surface area contributed by atoms with Crippen LogP contribution in [-0.2, 0) is 0 Å². The van der Waals surface area contributed by atoms with Crippen molar-refractivity contribution in [3.8, 4) is 5.69 Å². The Bertz CT molecular complexity index is 1680. The maximum atomic E-state index is 12.8. The standard InChI is InChI=1S/C33H31N5O3/c34-32(40)30-21-38(31-4-2-1-3-29(30)31)27-15-11-24(12-16-27)35-23-7-9-25(10-8-23)36-33(41)22-5-13-26(14-6-22)37-19-17-28(39)18-20-37/h1-16,21,28,35,39H,17-20H2,(H2,34,40)(H,36,41). The average molecular weight is 546 g/mol. The van der Waals surface area contributed by atoms with E-state index in [-0.39, 0.29) is 12.0 Å². The Morgan fingerprint density at radius 2 is 1.34 bits per heavy atom. The highest BCUT2D eigenvalue weighted by molar-refractivity contribution is 6.07. The molecule has 5 N–H and O–H groups in total. The molecule has 8 nitrogen and oxygen atoms in total. The number of benzene rings is 4. The predicted molar refractivity (Wildman–Crippen MR) is 163 cm³/mol. The van der Waals surface area contributed by atoms with Crippen LogP contribution in [0.5, 0.6) is 0 Å². The summed E-state index contributed by atoms with van der Waals surface area (Å²) >= 11 is 0. The SMILES string of the molecule is NC(=O)c1cn(-c2ccc(Nc3ccc(NC(=O)c4ccc(N5CCC(O)CC5)cc4)cc3)cc2)c2ccccc12. The minimum absolute atomic E-state index is 0.168. The van der Waals surface area contributed by atoms with Crippen molar-refractivity contribution in [2.24, 2.45) is 5.73 Å². The highest BCUT2D eigenvalue weighted by Crippen LogP contribution is 2.27. The molecular weight excluding hydrogens is 514 g/mol. The molecule has 1 saturated heterocycles. The Hall–Kier alpha value is -5.08. The lowest BCUT2D eigenvalue weighted by Gasteiger charge is -2.31. The first-order valence-electron chi connectivity index (χ1n) is 13.7. The first-order chi connectivity index (χ1) is 19.9. The van der Waals surface area contributed by atoms with Crippen LogP contribution in [0.15, 0.2) is 103 Å². The average Bonchev–Trinajstić information content (AvgIpc) is 3.39. The van der Waals surface area contributed by atoms with E-state index < -0.39 is 5.91 Å². The van der Waals surface area contributed by atoms with Gasteiger partial charge in [-0.05, 0) is 91.7 Å². The van der Waals surface area contributed by atoms with Crippen LogP contribution in [0.1, 0.15) is 33.6 Å². The van der Waals surface area contributed by atoms with E-state index in [2.05, 4.69) is 15.5 Å². The van der Waals surface area contributed by atoms with Crippen LogP contribution in [0, 0.1) is 0 Å². The summed E-state index contributed by atoms with van der Waals surface area (Å²) in [6, 6.07) is 30.7. The quantitative estimate of drug-likeness (QED) is 0.210. The summed E-state index contributed by atoms with van der Waals surface area (Å²) in [5.74, 6) is -0.621. The second-order valence-electron chi connectivity index (χ2n) is 10.3. The molecule has 0 unspecified atom stereocenters. The number of nitrogens with one attached hydrogen (secondary N) is 2. The highest BCUT2D eigenvalue weighted by atomic mass is 16.3. The Labute approximate surface area is 238 Å². The van der Waals surface area contributed by atoms with Gasteiger partial charge in [0.15, 0.2) is 0 Å². The van der Waals surface area contributed by atoms with Gasteiger partial charge in [-0.25, -0.2) is 0 Å². The largest absolute Gasteiger partial charge is 0.393 e. The van der Waals surface area contributed by atoms with Gasteiger partial charge >= 0.3 is 0 Å². The minimum atomic E-state index is -0.453. The summed E-state index contributed by atoms with van der Waals surface area (Å²) in [7, 11) is 0. The topological polar surface area (TPSA) is 113 Å². The van der Waals surface area contributed by atoms with E-state index >= 15 is 0 Å². The molecule has 6 rings (SSSR count). The molecule has 41 heavy (non-hydrogen) atoms. The summed E-state index contributed by atoms with van der Waals surface area (Å²) < 4.78 is 1.96. The molecule has 0 aliphatic carbocycles. The van der Waals surface area contributed by atoms with E-state index in [4.69, 9.17) is 5.73 Å². The molecule has 0 atom stereocenters. The number of nitrogens with zero attached hydrogens (tertiary/aromatic N) is 2. The van der Waals surface area contributed by atoms with Crippen LogP contribution in [0.3, 0.4) is 0 Å². The van der Waals surface area contributed by atoms with Crippen LogP contribution in [-0.4, -0.2) is 40.7 Å². The lowest BCUT2D eigenvalue weighted by Crippen LogP contribution is -2.35. The molecule has 8 heteroatoms. The van der Waals surface area contributed by atoms with Gasteiger partial charge in [0.2, 0.25) is 0 Å². The molecule has 1 aromatic heterocycles. The van der Waals surface area contributed by atoms with E-state index in [1.165, 1.54) is 0 Å². The third kappa shape index (κ3) is 5.64. The summed E-state index contributed by atoms with van der Waals surface area (Å²) in [6.07, 6.45) is 3.09. The number of hydrogen-bond acceptors (Lipinski definition) is 5. The lowest BCUT2D eigenvalue weighted by atomic mass is 10.1. The van der Waals surface area contributed by atoms with Gasteiger partial charge < -0.3 is 30.9 Å². The van der Waals surface area contributed by atoms with Gasteiger partial charge in [0, 0.05) is 58.7 Å². The molecular formula is C33H31N5O3. The Kier molecular flexibility index (Phi) is 7.14. The van der Waals surface area contributed by atoms with Gasteiger partial charge in [-0.3, -0.25) is 9.59 Å². The number of carbonyl (C=O) groups is 2. The molecule has 1 aliphatic heterocycles. The van der Waals surface area contributed by atoms with Gasteiger partial charge in [0.05, 0.1) is 17.2 Å². The second-order valence-corrected chi connectivity index (χ2v) is 10.3. The number of aromatic nitrogens is 1. The van der Waals surface area contributed by atoms with Crippen LogP contribution in [0.4, 0.5) is 22.7 Å². The van der Waals surface area contributed by atoms with E-state index in [0.717, 1.165) is 59.6 Å². The number of para-hydroxylation sites is 1. The van der Waals surface area contributed by atoms with Gasteiger partial charge in [-0.2, -0.15) is 0 Å². The number of anilines is 4. The third-order valence-electron chi connectivity index (χ3n) is 7.51. The zero-order valence-electron chi connectivity index (χ0n) is 22.5. The van der Waals surface area contributed by atoms with E-state index in [9.17, 15) is 14.7 Å². The van der Waals surface area contributed by atoms with Crippen molar-refractivity contribution in [2.75, 3.05) is 28.6 Å². The van der Waals surface area contributed by atoms with Crippen LogP contribution in [0.25, 0.3) is 16.6 Å². The van der Waals surface area contributed by atoms with E-state index in [1.54, 1.807) is 6.20 Å². The van der Waals surface area contributed by atoms with Crippen molar-refractivity contribution in [1.29, 1.82) is 0 Å². The number of aliphatic hydroxyl groups excluding tert-OH is 1. The Morgan fingerprint density at radius 3 is 2.00 bits per heavy atom. The number of rotatable bonds is 7. The first-order valence-corrected chi connectivity index (χ1v) is 13.7. The van der Waals surface area contributed by atoms with Crippen molar-refractivity contribution >= 4 is 45.5 Å². The van der Waals surface area contributed by atoms with Crippen molar-refractivity contribution in [1.82, 2.24) is 4.57 Å². The zero-order chi connectivity index (χ0) is 28.3. The molecule has 0 bridgehead atoms. The zero-order valence-corrected chi connectivity index (χ0v) is 22.5. The van der Waals surface area contributed by atoms with Gasteiger partial charge in [-0.1, -0.05) is 18.2 Å². The number of hydrogen-bond donors (Lipinski definition) is 4. The van der Waals surface area contributed by atoms with Gasteiger partial charge in [-0.15, -0.1) is 0 Å². The molecule has 0 radical (unpaired) electrons. The molecule has 1 fully saturated rings. The summed E-state index contributed by atoms with van der Waals surface area (Å²) in [6.45, 7) is 1.64. The number of carbonyl (C=O) groups excluding carboxylic acids is 2. The monoisotopic (exact) mass is 545 g/mol. The number of piperidine rings is 1. The fourth-order valence-electron chi connectivity index (χ4n) is 5.25. The number of nitrogens with two attached hydrogens (primary N) is 1. The van der Waals surface area contributed by atoms with Crippen molar-refractivity contribution in [3.05, 3.63) is 114 Å². The second kappa shape index (κ2) is 11.2. The van der Waals surface area contributed by atoms with Crippen molar-refractivity contribution < 1.29 is 14.7 Å². The third-order valence-corrected chi connectivity index (χ3v) is 7.51. The number of primary amides is 1. The first kappa shape index (κ1) is 26.2.